The van der Waals surface area contributed by atoms with Gasteiger partial charge in [-0.25, -0.2) is 4.39 Å². The van der Waals surface area contributed by atoms with Gasteiger partial charge in [0.15, 0.2) is 0 Å². The number of benzene rings is 1. The Morgan fingerprint density at radius 2 is 1.80 bits per heavy atom. The maximum atomic E-state index is 13.5. The Morgan fingerprint density at radius 1 is 1.12 bits per heavy atom. The Bertz CT molecular complexity index is 619. The first-order valence-corrected chi connectivity index (χ1v) is 8.74. The van der Waals surface area contributed by atoms with Gasteiger partial charge in [-0.05, 0) is 12.5 Å². The average molecular weight is 349 g/mol. The highest BCUT2D eigenvalue weighted by molar-refractivity contribution is 5.92. The van der Waals surface area contributed by atoms with Crippen LogP contribution in [-0.2, 0) is 20.9 Å². The van der Waals surface area contributed by atoms with Crippen molar-refractivity contribution >= 4 is 11.8 Å². The van der Waals surface area contributed by atoms with E-state index in [1.54, 1.807) is 18.2 Å². The molecule has 25 heavy (non-hydrogen) atoms. The van der Waals surface area contributed by atoms with Gasteiger partial charge in [-0.3, -0.25) is 14.5 Å². The van der Waals surface area contributed by atoms with Crippen LogP contribution in [0.25, 0.3) is 0 Å². The van der Waals surface area contributed by atoms with E-state index >= 15 is 0 Å². The summed E-state index contributed by atoms with van der Waals surface area (Å²) in [7, 11) is 0. The van der Waals surface area contributed by atoms with E-state index in [-0.39, 0.29) is 36.0 Å². The van der Waals surface area contributed by atoms with Crippen molar-refractivity contribution in [1.82, 2.24) is 15.5 Å². The Hall–Kier alpha value is -1.99. The number of morpholine rings is 1. The smallest absolute Gasteiger partial charge is 0.224 e. The quantitative estimate of drug-likeness (QED) is 0.753. The van der Waals surface area contributed by atoms with Gasteiger partial charge in [-0.1, -0.05) is 18.2 Å². The fraction of sp³-hybridized carbons (Fsp3) is 0.556. The SMILES string of the molecule is O=C(NCCN1CCOCC1)C1CC1C(=O)NCc1ccccc1F. The minimum atomic E-state index is -0.337. The molecule has 2 unspecified atom stereocenters. The topological polar surface area (TPSA) is 70.7 Å². The number of hydrogen-bond acceptors (Lipinski definition) is 4. The maximum absolute atomic E-state index is 13.5. The molecule has 2 N–H and O–H groups in total. The summed E-state index contributed by atoms with van der Waals surface area (Å²) in [6.45, 7) is 4.78. The molecule has 2 aliphatic rings. The molecule has 6 nitrogen and oxygen atoms in total. The molecule has 1 aliphatic carbocycles. The van der Waals surface area contributed by atoms with E-state index in [0.29, 0.717) is 18.5 Å². The van der Waals surface area contributed by atoms with Gasteiger partial charge in [0.05, 0.1) is 25.0 Å². The lowest BCUT2D eigenvalue weighted by Crippen LogP contribution is -2.41. The second kappa shape index (κ2) is 8.40. The van der Waals surface area contributed by atoms with Crippen molar-refractivity contribution in [3.05, 3.63) is 35.6 Å². The first kappa shape index (κ1) is 17.8. The second-order valence-corrected chi connectivity index (χ2v) is 6.50. The molecule has 0 radical (unpaired) electrons. The molecule has 2 atom stereocenters. The Kier molecular flexibility index (Phi) is 5.99. The zero-order valence-electron chi connectivity index (χ0n) is 14.2. The molecular formula is C18H24FN3O3. The van der Waals surface area contributed by atoms with Crippen LogP contribution in [0.2, 0.25) is 0 Å². The standard InChI is InChI=1S/C18H24FN3O3/c19-16-4-2-1-3-13(16)12-21-18(24)15-11-14(15)17(23)20-5-6-22-7-9-25-10-8-22/h1-4,14-15H,5-12H2,(H,20,23)(H,21,24). The van der Waals surface area contributed by atoms with Crippen molar-refractivity contribution in [2.75, 3.05) is 39.4 Å². The summed E-state index contributed by atoms with van der Waals surface area (Å²) in [5.74, 6) is -1.15. The number of carbonyl (C=O) groups excluding carboxylic acids is 2. The van der Waals surface area contributed by atoms with E-state index in [0.717, 1.165) is 32.8 Å². The molecule has 1 heterocycles. The predicted octanol–water partition coefficient (Wildman–Crippen LogP) is 0.526. The molecule has 7 heteroatoms. The van der Waals surface area contributed by atoms with E-state index in [1.807, 2.05) is 0 Å². The largest absolute Gasteiger partial charge is 0.379 e. The van der Waals surface area contributed by atoms with E-state index < -0.39 is 0 Å². The number of nitrogens with zero attached hydrogens (tertiary/aromatic N) is 1. The third-order valence-corrected chi connectivity index (χ3v) is 4.71. The second-order valence-electron chi connectivity index (χ2n) is 6.50. The van der Waals surface area contributed by atoms with Gasteiger partial charge < -0.3 is 15.4 Å². The molecule has 1 saturated heterocycles. The van der Waals surface area contributed by atoms with Crippen molar-refractivity contribution in [1.29, 1.82) is 0 Å². The molecule has 2 amide bonds. The first-order valence-electron chi connectivity index (χ1n) is 8.74. The molecule has 1 aromatic carbocycles. The summed E-state index contributed by atoms with van der Waals surface area (Å²) in [5.41, 5.74) is 0.447. The van der Waals surface area contributed by atoms with Crippen molar-refractivity contribution in [3.8, 4) is 0 Å². The van der Waals surface area contributed by atoms with E-state index in [2.05, 4.69) is 15.5 Å². The summed E-state index contributed by atoms with van der Waals surface area (Å²) in [5, 5.41) is 5.61. The highest BCUT2D eigenvalue weighted by Gasteiger charge is 2.47. The lowest BCUT2D eigenvalue weighted by molar-refractivity contribution is -0.127. The number of ether oxygens (including phenoxy) is 1. The van der Waals surface area contributed by atoms with E-state index in [9.17, 15) is 14.0 Å². The lowest BCUT2D eigenvalue weighted by Gasteiger charge is -2.26. The van der Waals surface area contributed by atoms with Crippen LogP contribution in [-0.4, -0.2) is 56.1 Å². The number of amides is 2. The highest BCUT2D eigenvalue weighted by atomic mass is 19.1. The fourth-order valence-electron chi connectivity index (χ4n) is 3.02. The summed E-state index contributed by atoms with van der Waals surface area (Å²) < 4.78 is 18.8. The summed E-state index contributed by atoms with van der Waals surface area (Å²) in [6.07, 6.45) is 0.562. The Morgan fingerprint density at radius 3 is 2.52 bits per heavy atom. The monoisotopic (exact) mass is 349 g/mol. The van der Waals surface area contributed by atoms with Crippen LogP contribution in [0.15, 0.2) is 24.3 Å². The van der Waals surface area contributed by atoms with Gasteiger partial charge >= 0.3 is 0 Å². The van der Waals surface area contributed by atoms with E-state index in [4.69, 9.17) is 4.74 Å². The Balaban J connectivity index is 1.34. The summed E-state index contributed by atoms with van der Waals surface area (Å²) in [4.78, 5) is 26.4. The molecule has 1 aliphatic heterocycles. The van der Waals surface area contributed by atoms with Gasteiger partial charge in [-0.15, -0.1) is 0 Å². The molecule has 0 spiro atoms. The van der Waals surface area contributed by atoms with Crippen LogP contribution in [0.1, 0.15) is 12.0 Å². The minimum absolute atomic E-state index is 0.0701. The van der Waals surface area contributed by atoms with Crippen LogP contribution in [0.4, 0.5) is 4.39 Å². The van der Waals surface area contributed by atoms with Gasteiger partial charge in [0.1, 0.15) is 5.82 Å². The molecular weight excluding hydrogens is 325 g/mol. The average Bonchev–Trinajstić information content (AvgIpc) is 3.43. The predicted molar refractivity (Wildman–Crippen MR) is 90.1 cm³/mol. The number of hydrogen-bond donors (Lipinski definition) is 2. The van der Waals surface area contributed by atoms with Crippen molar-refractivity contribution < 1.29 is 18.7 Å². The van der Waals surface area contributed by atoms with Crippen LogP contribution in [0, 0.1) is 17.7 Å². The van der Waals surface area contributed by atoms with Crippen molar-refractivity contribution in [3.63, 3.8) is 0 Å². The normalized spacial score (nSPS) is 23.1. The zero-order valence-corrected chi connectivity index (χ0v) is 14.2. The zero-order chi connectivity index (χ0) is 17.6. The fourth-order valence-corrected chi connectivity index (χ4v) is 3.02. The molecule has 1 saturated carbocycles. The molecule has 136 valence electrons. The molecule has 0 bridgehead atoms. The lowest BCUT2D eigenvalue weighted by atomic mass is 10.2. The first-order chi connectivity index (χ1) is 12.1. The van der Waals surface area contributed by atoms with Gasteiger partial charge in [0.2, 0.25) is 11.8 Å². The molecule has 1 aromatic rings. The van der Waals surface area contributed by atoms with Gasteiger partial charge in [0, 0.05) is 38.3 Å². The van der Waals surface area contributed by atoms with E-state index in [1.165, 1.54) is 6.07 Å². The number of rotatable bonds is 7. The molecule has 3 rings (SSSR count). The van der Waals surface area contributed by atoms with Crippen LogP contribution in [0.5, 0.6) is 0 Å². The van der Waals surface area contributed by atoms with Crippen LogP contribution >= 0.6 is 0 Å². The number of halogens is 1. The van der Waals surface area contributed by atoms with Crippen molar-refractivity contribution in [2.45, 2.75) is 13.0 Å². The van der Waals surface area contributed by atoms with Crippen LogP contribution < -0.4 is 10.6 Å². The summed E-state index contributed by atoms with van der Waals surface area (Å²) >= 11 is 0. The maximum Gasteiger partial charge on any atom is 0.224 e. The number of nitrogens with one attached hydrogen (secondary N) is 2. The van der Waals surface area contributed by atoms with Crippen molar-refractivity contribution in [2.24, 2.45) is 11.8 Å². The minimum Gasteiger partial charge on any atom is -0.379 e. The molecule has 2 fully saturated rings. The van der Waals surface area contributed by atoms with Crippen LogP contribution in [0.3, 0.4) is 0 Å². The van der Waals surface area contributed by atoms with Gasteiger partial charge in [-0.2, -0.15) is 0 Å². The number of carbonyl (C=O) groups is 2. The molecule has 0 aromatic heterocycles. The third kappa shape index (κ3) is 4.99. The third-order valence-electron chi connectivity index (χ3n) is 4.71. The Labute approximate surface area is 146 Å². The highest BCUT2D eigenvalue weighted by Crippen LogP contribution is 2.38. The summed E-state index contributed by atoms with van der Waals surface area (Å²) in [6, 6.07) is 6.34. The van der Waals surface area contributed by atoms with Gasteiger partial charge in [0.25, 0.3) is 0 Å².